The fourth-order valence-corrected chi connectivity index (χ4v) is 5.90. The highest BCUT2D eigenvalue weighted by molar-refractivity contribution is 5.49. The lowest BCUT2D eigenvalue weighted by Crippen LogP contribution is -2.44. The lowest BCUT2D eigenvalue weighted by atomic mass is 9.79. The molecule has 0 bridgehead atoms. The summed E-state index contributed by atoms with van der Waals surface area (Å²) in [6.07, 6.45) is -2.14. The summed E-state index contributed by atoms with van der Waals surface area (Å²) in [7, 11) is 7.07. The Morgan fingerprint density at radius 2 is 1.49 bits per heavy atom. The van der Waals surface area contributed by atoms with E-state index in [1.165, 1.54) is 10.8 Å². The van der Waals surface area contributed by atoms with Crippen molar-refractivity contribution in [3.63, 3.8) is 0 Å². The Balaban J connectivity index is 1.60. The molecule has 1 aliphatic heterocycles. The fourth-order valence-electron chi connectivity index (χ4n) is 5.90. The molecule has 0 radical (unpaired) electrons. The molecule has 1 aromatic heterocycles. The zero-order chi connectivity index (χ0) is 33.6. The van der Waals surface area contributed by atoms with Gasteiger partial charge in [0.05, 0.1) is 39.6 Å². The number of aromatic nitrogens is 2. The van der Waals surface area contributed by atoms with Crippen LogP contribution in [0.4, 0.5) is 0 Å². The predicted octanol–water partition coefficient (Wildman–Crippen LogP) is 3.47. The standard InChI is InChI=1S/C36H43N3O8/c1-24-22-39(35(42)37-33(24)41)34-32(45-20-19-38(2)3)31(40)21-30(23-46-34)47-36(25-9-7-6-8-10-25,26-11-15-28(43-4)16-12-26)27-13-17-29(44-5)18-14-27/h6-18,22,30-32,34,40H,19-21,23H2,1-5H3,(H,37,41,42)/t30?,31-,32-,34-/m1/s1. The van der Waals surface area contributed by atoms with Crippen molar-refractivity contribution in [3.05, 3.63) is 128 Å². The third-order valence-corrected chi connectivity index (χ3v) is 8.40. The van der Waals surface area contributed by atoms with Crippen molar-refractivity contribution in [2.24, 2.45) is 0 Å². The Hall–Kier alpha value is -4.26. The minimum atomic E-state index is -1.15. The van der Waals surface area contributed by atoms with Crippen molar-refractivity contribution >= 4 is 0 Å². The van der Waals surface area contributed by atoms with Crippen LogP contribution in [0.15, 0.2) is 94.6 Å². The summed E-state index contributed by atoms with van der Waals surface area (Å²) >= 11 is 0. The normalized spacial score (nSPS) is 20.1. The van der Waals surface area contributed by atoms with Crippen LogP contribution in [-0.2, 0) is 19.8 Å². The molecule has 2 heterocycles. The molecule has 1 saturated heterocycles. The second-order valence-electron chi connectivity index (χ2n) is 11.9. The summed E-state index contributed by atoms with van der Waals surface area (Å²) in [5.41, 5.74) is 0.546. The van der Waals surface area contributed by atoms with Crippen molar-refractivity contribution in [1.82, 2.24) is 14.5 Å². The highest BCUT2D eigenvalue weighted by Crippen LogP contribution is 2.44. The fraction of sp³-hybridized carbons (Fsp3) is 0.389. The molecule has 4 atom stereocenters. The van der Waals surface area contributed by atoms with E-state index >= 15 is 0 Å². The van der Waals surface area contributed by atoms with Crippen LogP contribution in [0, 0.1) is 6.92 Å². The van der Waals surface area contributed by atoms with Gasteiger partial charge in [0.2, 0.25) is 0 Å². The van der Waals surface area contributed by atoms with Crippen molar-refractivity contribution in [1.29, 1.82) is 0 Å². The first kappa shape index (κ1) is 34.1. The molecule has 0 spiro atoms. The molecule has 4 aromatic rings. The van der Waals surface area contributed by atoms with Crippen molar-refractivity contribution in [2.75, 3.05) is 48.1 Å². The quantitative estimate of drug-likeness (QED) is 0.223. The van der Waals surface area contributed by atoms with Crippen LogP contribution >= 0.6 is 0 Å². The highest BCUT2D eigenvalue weighted by atomic mass is 16.6. The van der Waals surface area contributed by atoms with Crippen molar-refractivity contribution in [3.8, 4) is 11.5 Å². The van der Waals surface area contributed by atoms with Crippen LogP contribution in [0.1, 0.15) is 34.9 Å². The summed E-state index contributed by atoms with van der Waals surface area (Å²) in [6.45, 7) is 2.48. The van der Waals surface area contributed by atoms with Gasteiger partial charge in [-0.3, -0.25) is 14.3 Å². The molecule has 1 unspecified atom stereocenters. The van der Waals surface area contributed by atoms with Crippen LogP contribution < -0.4 is 20.7 Å². The second-order valence-corrected chi connectivity index (χ2v) is 11.9. The molecule has 5 rings (SSSR count). The van der Waals surface area contributed by atoms with Gasteiger partial charge in [-0.2, -0.15) is 0 Å². The monoisotopic (exact) mass is 645 g/mol. The average molecular weight is 646 g/mol. The number of likely N-dealkylation sites (N-methyl/N-ethyl adjacent to an activating group) is 1. The van der Waals surface area contributed by atoms with E-state index in [0.717, 1.165) is 16.7 Å². The summed E-state index contributed by atoms with van der Waals surface area (Å²) in [5, 5.41) is 11.8. The van der Waals surface area contributed by atoms with E-state index in [1.807, 2.05) is 97.9 Å². The molecule has 1 fully saturated rings. The molecule has 0 amide bonds. The van der Waals surface area contributed by atoms with Gasteiger partial charge in [0.15, 0.2) is 6.23 Å². The van der Waals surface area contributed by atoms with Gasteiger partial charge in [0.25, 0.3) is 5.56 Å². The van der Waals surface area contributed by atoms with Crippen LogP contribution in [0.2, 0.25) is 0 Å². The smallest absolute Gasteiger partial charge is 0.330 e. The maximum Gasteiger partial charge on any atom is 0.330 e. The number of nitrogens with zero attached hydrogens (tertiary/aromatic N) is 2. The first-order chi connectivity index (χ1) is 22.7. The third-order valence-electron chi connectivity index (χ3n) is 8.40. The number of aromatic amines is 1. The van der Waals surface area contributed by atoms with Gasteiger partial charge in [-0.05, 0) is 62.0 Å². The van der Waals surface area contributed by atoms with Gasteiger partial charge in [-0.25, -0.2) is 4.79 Å². The Bertz CT molecular complexity index is 1660. The molecule has 250 valence electrons. The number of benzene rings is 3. The summed E-state index contributed by atoms with van der Waals surface area (Å²) < 4.78 is 32.0. The number of aryl methyl sites for hydroxylation is 1. The van der Waals surface area contributed by atoms with Crippen LogP contribution in [0.25, 0.3) is 0 Å². The number of nitrogens with one attached hydrogen (secondary N) is 1. The molecule has 0 aliphatic carbocycles. The minimum absolute atomic E-state index is 0.0147. The number of methoxy groups -OCH3 is 2. The number of rotatable bonds is 12. The molecule has 1 aliphatic rings. The zero-order valence-electron chi connectivity index (χ0n) is 27.4. The van der Waals surface area contributed by atoms with E-state index in [0.29, 0.717) is 23.6 Å². The number of hydrogen-bond acceptors (Lipinski definition) is 9. The van der Waals surface area contributed by atoms with Crippen molar-refractivity contribution < 1.29 is 28.8 Å². The Kier molecular flexibility index (Phi) is 10.9. The molecular formula is C36H43N3O8. The van der Waals surface area contributed by atoms with E-state index in [9.17, 15) is 14.7 Å². The van der Waals surface area contributed by atoms with Crippen LogP contribution in [0.3, 0.4) is 0 Å². The number of aliphatic hydroxyl groups is 1. The molecule has 0 saturated carbocycles. The maximum atomic E-state index is 13.0. The number of ether oxygens (including phenoxy) is 5. The highest BCUT2D eigenvalue weighted by Gasteiger charge is 2.44. The van der Waals surface area contributed by atoms with Gasteiger partial charge in [0, 0.05) is 24.7 Å². The first-order valence-corrected chi connectivity index (χ1v) is 15.6. The second kappa shape index (κ2) is 15.1. The van der Waals surface area contributed by atoms with Crippen molar-refractivity contribution in [2.45, 2.75) is 43.5 Å². The van der Waals surface area contributed by atoms with E-state index < -0.39 is 41.4 Å². The molecule has 11 heteroatoms. The summed E-state index contributed by atoms with van der Waals surface area (Å²) in [4.78, 5) is 29.5. The van der Waals surface area contributed by atoms with E-state index in [4.69, 9.17) is 23.7 Å². The molecular weight excluding hydrogens is 602 g/mol. The topological polar surface area (TPSA) is 124 Å². The average Bonchev–Trinajstić information content (AvgIpc) is 3.23. The lowest BCUT2D eigenvalue weighted by Gasteiger charge is -2.39. The molecule has 47 heavy (non-hydrogen) atoms. The Labute approximate surface area is 274 Å². The van der Waals surface area contributed by atoms with Gasteiger partial charge in [-0.15, -0.1) is 0 Å². The maximum absolute atomic E-state index is 13.0. The number of aliphatic hydroxyl groups excluding tert-OH is 1. The molecule has 11 nitrogen and oxygen atoms in total. The van der Waals surface area contributed by atoms with Gasteiger partial charge < -0.3 is 33.7 Å². The molecule has 3 aromatic carbocycles. The van der Waals surface area contributed by atoms with Gasteiger partial charge in [0.1, 0.15) is 23.2 Å². The third kappa shape index (κ3) is 7.50. The zero-order valence-corrected chi connectivity index (χ0v) is 27.4. The first-order valence-electron chi connectivity index (χ1n) is 15.6. The van der Waals surface area contributed by atoms with Crippen LogP contribution in [0.5, 0.6) is 11.5 Å². The Morgan fingerprint density at radius 3 is 2.04 bits per heavy atom. The summed E-state index contributed by atoms with van der Waals surface area (Å²) in [6, 6.07) is 25.2. The van der Waals surface area contributed by atoms with E-state index in [-0.39, 0.29) is 19.6 Å². The van der Waals surface area contributed by atoms with Gasteiger partial charge >= 0.3 is 5.69 Å². The largest absolute Gasteiger partial charge is 0.497 e. The number of H-pyrrole nitrogens is 1. The number of hydrogen-bond donors (Lipinski definition) is 2. The summed E-state index contributed by atoms with van der Waals surface area (Å²) in [5.74, 6) is 1.39. The van der Waals surface area contributed by atoms with Crippen LogP contribution in [-0.4, -0.2) is 85.9 Å². The Morgan fingerprint density at radius 1 is 0.915 bits per heavy atom. The molecule has 2 N–H and O–H groups in total. The van der Waals surface area contributed by atoms with E-state index in [1.54, 1.807) is 21.1 Å². The predicted molar refractivity (Wildman–Crippen MR) is 177 cm³/mol. The SMILES string of the molecule is COc1ccc(C(OC2CO[C@@H](n3cc(C)c(=O)[nH]c3=O)[C@H](OCCN(C)C)[C@H](O)C2)(c2ccccc2)c2ccc(OC)cc2)cc1. The minimum Gasteiger partial charge on any atom is -0.497 e. The lowest BCUT2D eigenvalue weighted by molar-refractivity contribution is -0.144. The van der Waals surface area contributed by atoms with E-state index in [2.05, 4.69) is 4.98 Å². The van der Waals surface area contributed by atoms with Gasteiger partial charge in [-0.1, -0.05) is 54.6 Å².